The number of esters is 1. The molecule has 1 fully saturated rings. The number of nitrogens with one attached hydrogen (secondary N) is 4. The summed E-state index contributed by atoms with van der Waals surface area (Å²) in [5.74, 6) is 1.76. The summed E-state index contributed by atoms with van der Waals surface area (Å²) in [6.45, 7) is 2.57. The first kappa shape index (κ1) is 24.9. The number of ether oxygens (including phenoxy) is 2. The Balaban J connectivity index is 1.50. The highest BCUT2D eigenvalue weighted by Gasteiger charge is 2.25. The molecule has 0 atom stereocenters. The lowest BCUT2D eigenvalue weighted by Crippen LogP contribution is -2.15. The van der Waals surface area contributed by atoms with Gasteiger partial charge in [0.15, 0.2) is 11.5 Å². The van der Waals surface area contributed by atoms with Crippen LogP contribution in [0.4, 0.5) is 17.6 Å². The molecule has 1 aliphatic rings. The maximum absolute atomic E-state index is 12.6. The second kappa shape index (κ2) is 12.0. The van der Waals surface area contributed by atoms with E-state index in [9.17, 15) is 4.79 Å². The van der Waals surface area contributed by atoms with Gasteiger partial charge in [-0.3, -0.25) is 5.10 Å². The summed E-state index contributed by atoms with van der Waals surface area (Å²) < 4.78 is 10.8. The number of methoxy groups -OCH3 is 1. The fourth-order valence-electron chi connectivity index (χ4n) is 3.42. The summed E-state index contributed by atoms with van der Waals surface area (Å²) in [7, 11) is 1.54. The van der Waals surface area contributed by atoms with Gasteiger partial charge in [0.05, 0.1) is 26.0 Å². The number of allylic oxidation sites excluding steroid dienone is 1. The third kappa shape index (κ3) is 6.91. The topological polar surface area (TPSA) is 138 Å². The van der Waals surface area contributed by atoms with Crippen molar-refractivity contribution >= 4 is 29.3 Å². The van der Waals surface area contributed by atoms with Crippen molar-refractivity contribution in [1.82, 2.24) is 20.2 Å². The molecular weight excluding hydrogens is 458 g/mol. The molecule has 0 aliphatic heterocycles. The van der Waals surface area contributed by atoms with E-state index in [0.29, 0.717) is 35.6 Å². The first-order valence-electron chi connectivity index (χ1n) is 12.1. The van der Waals surface area contributed by atoms with E-state index in [1.54, 1.807) is 12.1 Å². The van der Waals surface area contributed by atoms with Crippen LogP contribution in [0.3, 0.4) is 0 Å². The SMILES string of the molecule is CCCCOC(=O)c1cc(Nc2cc(C3CC3)[nH]n2)nc(NC/C(=C/C(=N)c2ccccc2)OC)n1. The summed E-state index contributed by atoms with van der Waals surface area (Å²) in [6, 6.07) is 12.9. The van der Waals surface area contributed by atoms with E-state index in [0.717, 1.165) is 36.9 Å². The molecule has 0 saturated heterocycles. The van der Waals surface area contributed by atoms with E-state index >= 15 is 0 Å². The minimum Gasteiger partial charge on any atom is -0.499 e. The van der Waals surface area contributed by atoms with Crippen LogP contribution in [0.25, 0.3) is 0 Å². The van der Waals surface area contributed by atoms with Crippen LogP contribution in [0.15, 0.2) is 54.3 Å². The Hall–Kier alpha value is -4.21. The highest BCUT2D eigenvalue weighted by molar-refractivity contribution is 6.06. The summed E-state index contributed by atoms with van der Waals surface area (Å²) in [4.78, 5) is 21.4. The average Bonchev–Trinajstić information content (AvgIpc) is 3.65. The molecule has 1 aliphatic carbocycles. The molecule has 2 heterocycles. The molecule has 4 N–H and O–H groups in total. The molecule has 0 spiro atoms. The van der Waals surface area contributed by atoms with Crippen LogP contribution < -0.4 is 10.6 Å². The third-order valence-electron chi connectivity index (χ3n) is 5.61. The van der Waals surface area contributed by atoms with E-state index in [-0.39, 0.29) is 18.2 Å². The quantitative estimate of drug-likeness (QED) is 0.116. The number of hydrogen-bond donors (Lipinski definition) is 4. The van der Waals surface area contributed by atoms with Gasteiger partial charge < -0.3 is 25.5 Å². The number of benzene rings is 1. The van der Waals surface area contributed by atoms with Crippen molar-refractivity contribution in [3.63, 3.8) is 0 Å². The molecule has 10 nitrogen and oxygen atoms in total. The second-order valence-electron chi connectivity index (χ2n) is 8.51. The number of nitrogens with zero attached hydrogens (tertiary/aromatic N) is 3. The fraction of sp³-hybridized carbons (Fsp3) is 0.346. The monoisotopic (exact) mass is 489 g/mol. The zero-order valence-corrected chi connectivity index (χ0v) is 20.5. The van der Waals surface area contributed by atoms with Crippen LogP contribution in [-0.2, 0) is 9.47 Å². The van der Waals surface area contributed by atoms with Crippen molar-refractivity contribution < 1.29 is 14.3 Å². The standard InChI is InChI=1S/C26H31N7O3/c1-3-4-12-36-25(34)22-15-23(30-24-14-21(32-33-24)18-10-11-18)31-26(29-22)28-16-19(35-2)13-20(27)17-8-6-5-7-9-17/h5-9,13-15,18,27H,3-4,10-12,16H2,1-2H3,(H3,28,29,30,31,32,33)/b19-13-,27-20?. The maximum atomic E-state index is 12.6. The molecule has 1 aromatic carbocycles. The lowest BCUT2D eigenvalue weighted by Gasteiger charge is -2.12. The molecule has 0 bridgehead atoms. The van der Waals surface area contributed by atoms with Gasteiger partial charge in [0, 0.05) is 29.8 Å². The van der Waals surface area contributed by atoms with Gasteiger partial charge in [-0.2, -0.15) is 10.1 Å². The Kier molecular flexibility index (Phi) is 8.28. The van der Waals surface area contributed by atoms with Crippen molar-refractivity contribution in [2.75, 3.05) is 30.9 Å². The summed E-state index contributed by atoms with van der Waals surface area (Å²) >= 11 is 0. The highest BCUT2D eigenvalue weighted by atomic mass is 16.5. The van der Waals surface area contributed by atoms with E-state index in [2.05, 4.69) is 30.8 Å². The number of H-pyrrole nitrogens is 1. The minimum atomic E-state index is -0.522. The molecule has 3 aromatic rings. The smallest absolute Gasteiger partial charge is 0.357 e. The number of aromatic nitrogens is 4. The van der Waals surface area contributed by atoms with Gasteiger partial charge in [0.25, 0.3) is 0 Å². The Morgan fingerprint density at radius 2 is 2.00 bits per heavy atom. The molecule has 2 aromatic heterocycles. The maximum Gasteiger partial charge on any atom is 0.357 e. The van der Waals surface area contributed by atoms with E-state index < -0.39 is 5.97 Å². The molecule has 10 heteroatoms. The van der Waals surface area contributed by atoms with Gasteiger partial charge >= 0.3 is 5.97 Å². The van der Waals surface area contributed by atoms with Crippen molar-refractivity contribution in [3.8, 4) is 0 Å². The van der Waals surface area contributed by atoms with E-state index in [4.69, 9.17) is 14.9 Å². The van der Waals surface area contributed by atoms with Gasteiger partial charge in [-0.15, -0.1) is 0 Å². The number of rotatable bonds is 13. The normalized spacial score (nSPS) is 13.2. The lowest BCUT2D eigenvalue weighted by molar-refractivity contribution is 0.0493. The number of unbranched alkanes of at least 4 members (excludes halogenated alkanes) is 1. The molecule has 1 saturated carbocycles. The van der Waals surface area contributed by atoms with Crippen LogP contribution in [0, 0.1) is 5.41 Å². The molecular formula is C26H31N7O3. The van der Waals surface area contributed by atoms with Crippen LogP contribution in [0.2, 0.25) is 0 Å². The summed E-state index contributed by atoms with van der Waals surface area (Å²) in [6.07, 6.45) is 5.65. The molecule has 0 unspecified atom stereocenters. The van der Waals surface area contributed by atoms with Gasteiger partial charge in [-0.05, 0) is 24.8 Å². The number of carbonyl (C=O) groups is 1. The first-order valence-corrected chi connectivity index (χ1v) is 12.1. The number of carbonyl (C=O) groups excluding carboxylic acids is 1. The number of anilines is 3. The molecule has 0 amide bonds. The van der Waals surface area contributed by atoms with Crippen molar-refractivity contribution in [2.24, 2.45) is 0 Å². The first-order chi connectivity index (χ1) is 17.6. The van der Waals surface area contributed by atoms with Gasteiger partial charge in [-0.25, -0.2) is 9.78 Å². The van der Waals surface area contributed by atoms with Crippen LogP contribution in [0.1, 0.15) is 60.3 Å². The highest BCUT2D eigenvalue weighted by Crippen LogP contribution is 2.39. The average molecular weight is 490 g/mol. The third-order valence-corrected chi connectivity index (χ3v) is 5.61. The van der Waals surface area contributed by atoms with Crippen LogP contribution in [0.5, 0.6) is 0 Å². The summed E-state index contributed by atoms with van der Waals surface area (Å²) in [5, 5.41) is 21.9. The molecule has 188 valence electrons. The lowest BCUT2D eigenvalue weighted by atomic mass is 10.1. The Morgan fingerprint density at radius 3 is 2.72 bits per heavy atom. The molecule has 36 heavy (non-hydrogen) atoms. The van der Waals surface area contributed by atoms with Crippen molar-refractivity contribution in [1.29, 1.82) is 5.41 Å². The fourth-order valence-corrected chi connectivity index (χ4v) is 3.42. The van der Waals surface area contributed by atoms with E-state index in [1.807, 2.05) is 43.3 Å². The van der Waals surface area contributed by atoms with Gasteiger partial charge in [0.2, 0.25) is 5.95 Å². The molecule has 0 radical (unpaired) electrons. The Labute approximate surface area is 210 Å². The largest absolute Gasteiger partial charge is 0.499 e. The predicted molar refractivity (Wildman–Crippen MR) is 138 cm³/mol. The zero-order chi connectivity index (χ0) is 25.3. The van der Waals surface area contributed by atoms with E-state index in [1.165, 1.54) is 7.11 Å². The molecule has 4 rings (SSSR count). The van der Waals surface area contributed by atoms with Crippen molar-refractivity contribution in [2.45, 2.75) is 38.5 Å². The summed E-state index contributed by atoms with van der Waals surface area (Å²) in [5.41, 5.74) is 2.30. The second-order valence-corrected chi connectivity index (χ2v) is 8.51. The van der Waals surface area contributed by atoms with Crippen LogP contribution in [-0.4, -0.2) is 52.1 Å². The Bertz CT molecular complexity index is 1220. The number of aromatic amines is 1. The van der Waals surface area contributed by atoms with Gasteiger partial charge in [0.1, 0.15) is 11.6 Å². The minimum absolute atomic E-state index is 0.129. The van der Waals surface area contributed by atoms with Gasteiger partial charge in [-0.1, -0.05) is 43.7 Å². The number of hydrogen-bond acceptors (Lipinski definition) is 9. The van der Waals surface area contributed by atoms with Crippen molar-refractivity contribution in [3.05, 3.63) is 71.3 Å². The predicted octanol–water partition coefficient (Wildman–Crippen LogP) is 4.79. The Morgan fingerprint density at radius 1 is 1.19 bits per heavy atom. The zero-order valence-electron chi connectivity index (χ0n) is 20.5. The van der Waals surface area contributed by atoms with Crippen LogP contribution >= 0.6 is 0 Å².